The lowest BCUT2D eigenvalue weighted by molar-refractivity contribution is 0.0151. The molecule has 0 aliphatic carbocycles. The van der Waals surface area contributed by atoms with E-state index in [9.17, 15) is 0 Å². The van der Waals surface area contributed by atoms with Crippen molar-refractivity contribution in [1.29, 1.82) is 0 Å². The quantitative estimate of drug-likeness (QED) is 0.858. The maximum absolute atomic E-state index is 5.99. The van der Waals surface area contributed by atoms with Gasteiger partial charge in [-0.1, -0.05) is 39.0 Å². The van der Waals surface area contributed by atoms with Crippen LogP contribution in [0.3, 0.4) is 0 Å². The Morgan fingerprint density at radius 3 is 2.53 bits per heavy atom. The van der Waals surface area contributed by atoms with Gasteiger partial charge in [0.15, 0.2) is 0 Å². The van der Waals surface area contributed by atoms with E-state index in [0.29, 0.717) is 0 Å². The molecule has 19 heavy (non-hydrogen) atoms. The van der Waals surface area contributed by atoms with Gasteiger partial charge >= 0.3 is 0 Å². The first-order chi connectivity index (χ1) is 8.93. The van der Waals surface area contributed by atoms with E-state index in [0.717, 1.165) is 22.0 Å². The Bertz CT molecular complexity index is 557. The molecule has 0 radical (unpaired) electrons. The van der Waals surface area contributed by atoms with Crippen LogP contribution < -0.4 is 5.73 Å². The van der Waals surface area contributed by atoms with Crippen LogP contribution in [-0.4, -0.2) is 12.1 Å². The highest BCUT2D eigenvalue weighted by atomic mass is 32.1. The Morgan fingerprint density at radius 2 is 1.95 bits per heavy atom. The van der Waals surface area contributed by atoms with Gasteiger partial charge in [-0.05, 0) is 11.5 Å². The summed E-state index contributed by atoms with van der Waals surface area (Å²) in [6, 6.07) is 7.79. The van der Waals surface area contributed by atoms with Crippen LogP contribution in [-0.2, 0) is 4.74 Å². The standard InChI is InChI=1S/C15H20N2OS/c1-15(2,3)13(18-4)14-17-12(9-19-14)10-7-5-6-8-11(10)16/h5-9,13H,16H2,1-4H3. The van der Waals surface area contributed by atoms with Crippen LogP contribution >= 0.6 is 11.3 Å². The third-order valence-corrected chi connectivity index (χ3v) is 3.89. The number of nitrogens with two attached hydrogens (primary N) is 1. The third-order valence-electron chi connectivity index (χ3n) is 3.01. The summed E-state index contributed by atoms with van der Waals surface area (Å²) in [5.74, 6) is 0. The number of ether oxygens (including phenoxy) is 1. The lowest BCUT2D eigenvalue weighted by atomic mass is 9.89. The molecule has 2 aromatic rings. The van der Waals surface area contributed by atoms with Crippen molar-refractivity contribution in [1.82, 2.24) is 4.98 Å². The molecule has 0 aliphatic rings. The minimum atomic E-state index is -0.00353. The van der Waals surface area contributed by atoms with Crippen LogP contribution in [0.2, 0.25) is 0 Å². The lowest BCUT2D eigenvalue weighted by Gasteiger charge is -2.27. The van der Waals surface area contributed by atoms with E-state index in [1.54, 1.807) is 18.4 Å². The summed E-state index contributed by atoms with van der Waals surface area (Å²) in [6.45, 7) is 6.46. The molecule has 1 unspecified atom stereocenters. The Labute approximate surface area is 118 Å². The predicted octanol–water partition coefficient (Wildman–Crippen LogP) is 4.13. The number of para-hydroxylation sites is 1. The normalized spacial score (nSPS) is 13.5. The zero-order valence-electron chi connectivity index (χ0n) is 11.8. The van der Waals surface area contributed by atoms with E-state index in [4.69, 9.17) is 15.5 Å². The summed E-state index contributed by atoms with van der Waals surface area (Å²) in [5, 5.41) is 3.03. The number of hydrogen-bond acceptors (Lipinski definition) is 4. The van der Waals surface area contributed by atoms with Crippen molar-refractivity contribution in [2.75, 3.05) is 12.8 Å². The Kier molecular flexibility index (Phi) is 3.92. The second kappa shape index (κ2) is 5.31. The van der Waals surface area contributed by atoms with E-state index < -0.39 is 0 Å². The minimum Gasteiger partial charge on any atom is -0.398 e. The summed E-state index contributed by atoms with van der Waals surface area (Å²) in [5.41, 5.74) is 8.66. The van der Waals surface area contributed by atoms with E-state index in [-0.39, 0.29) is 11.5 Å². The zero-order valence-corrected chi connectivity index (χ0v) is 12.6. The average molecular weight is 276 g/mol. The van der Waals surface area contributed by atoms with Gasteiger partial charge in [0.2, 0.25) is 0 Å². The molecule has 3 nitrogen and oxygen atoms in total. The number of hydrogen-bond donors (Lipinski definition) is 1. The maximum Gasteiger partial charge on any atom is 0.123 e. The van der Waals surface area contributed by atoms with Gasteiger partial charge in [-0.25, -0.2) is 4.98 Å². The molecule has 0 saturated carbocycles. The minimum absolute atomic E-state index is 0.00353. The first-order valence-electron chi connectivity index (χ1n) is 6.26. The van der Waals surface area contributed by atoms with Gasteiger partial charge < -0.3 is 10.5 Å². The fraction of sp³-hybridized carbons (Fsp3) is 0.400. The number of benzene rings is 1. The Balaban J connectivity index is 2.37. The molecule has 1 heterocycles. The number of methoxy groups -OCH3 is 1. The largest absolute Gasteiger partial charge is 0.398 e. The van der Waals surface area contributed by atoms with Crippen molar-refractivity contribution in [3.63, 3.8) is 0 Å². The number of thiazole rings is 1. The van der Waals surface area contributed by atoms with Crippen molar-refractivity contribution in [3.05, 3.63) is 34.7 Å². The van der Waals surface area contributed by atoms with Crippen molar-refractivity contribution in [2.45, 2.75) is 26.9 Å². The number of anilines is 1. The zero-order chi connectivity index (χ0) is 14.0. The lowest BCUT2D eigenvalue weighted by Crippen LogP contribution is -2.19. The monoisotopic (exact) mass is 276 g/mol. The molecule has 0 amide bonds. The number of aromatic nitrogens is 1. The predicted molar refractivity (Wildman–Crippen MR) is 81.2 cm³/mol. The van der Waals surface area contributed by atoms with E-state index >= 15 is 0 Å². The van der Waals surface area contributed by atoms with Crippen LogP contribution in [0.1, 0.15) is 31.9 Å². The maximum atomic E-state index is 5.99. The first-order valence-corrected chi connectivity index (χ1v) is 7.14. The van der Waals surface area contributed by atoms with Crippen LogP contribution in [0.15, 0.2) is 29.6 Å². The van der Waals surface area contributed by atoms with Crippen molar-refractivity contribution in [3.8, 4) is 11.3 Å². The molecule has 1 aromatic heterocycles. The molecule has 1 atom stereocenters. The molecule has 102 valence electrons. The van der Waals surface area contributed by atoms with Gasteiger partial charge in [-0.2, -0.15) is 0 Å². The topological polar surface area (TPSA) is 48.1 Å². The number of nitrogens with zero attached hydrogens (tertiary/aromatic N) is 1. The van der Waals surface area contributed by atoms with E-state index in [1.165, 1.54) is 0 Å². The first kappa shape index (κ1) is 14.0. The van der Waals surface area contributed by atoms with Gasteiger partial charge in [0, 0.05) is 23.7 Å². The van der Waals surface area contributed by atoms with Crippen molar-refractivity contribution >= 4 is 17.0 Å². The van der Waals surface area contributed by atoms with Crippen molar-refractivity contribution < 1.29 is 4.74 Å². The summed E-state index contributed by atoms with van der Waals surface area (Å²) >= 11 is 1.62. The van der Waals surface area contributed by atoms with Gasteiger partial charge in [0.1, 0.15) is 11.1 Å². The molecule has 0 fully saturated rings. The highest BCUT2D eigenvalue weighted by Gasteiger charge is 2.28. The molecule has 0 bridgehead atoms. The van der Waals surface area contributed by atoms with Gasteiger partial charge in [-0.3, -0.25) is 0 Å². The number of rotatable bonds is 3. The van der Waals surface area contributed by atoms with Crippen LogP contribution in [0.25, 0.3) is 11.3 Å². The molecule has 0 saturated heterocycles. The summed E-state index contributed by atoms with van der Waals surface area (Å²) < 4.78 is 5.60. The molecule has 1 aromatic carbocycles. The molecular weight excluding hydrogens is 256 g/mol. The molecular formula is C15H20N2OS. The van der Waals surface area contributed by atoms with Gasteiger partial charge in [-0.15, -0.1) is 11.3 Å². The second-order valence-corrected chi connectivity index (χ2v) is 6.53. The highest BCUT2D eigenvalue weighted by molar-refractivity contribution is 7.10. The van der Waals surface area contributed by atoms with E-state index in [2.05, 4.69) is 20.8 Å². The van der Waals surface area contributed by atoms with Crippen LogP contribution in [0.4, 0.5) is 5.69 Å². The Hall–Kier alpha value is -1.39. The molecule has 4 heteroatoms. The number of nitrogen functional groups attached to an aromatic ring is 1. The molecule has 0 spiro atoms. The summed E-state index contributed by atoms with van der Waals surface area (Å²) in [4.78, 5) is 4.69. The SMILES string of the molecule is COC(c1nc(-c2ccccc2N)cs1)C(C)(C)C. The van der Waals surface area contributed by atoms with Crippen molar-refractivity contribution in [2.24, 2.45) is 5.41 Å². The summed E-state index contributed by atoms with van der Waals surface area (Å²) in [7, 11) is 1.73. The fourth-order valence-electron chi connectivity index (χ4n) is 2.09. The Morgan fingerprint density at radius 1 is 1.26 bits per heavy atom. The molecule has 2 N–H and O–H groups in total. The average Bonchev–Trinajstić information content (AvgIpc) is 2.78. The van der Waals surface area contributed by atoms with Gasteiger partial charge in [0.05, 0.1) is 5.69 Å². The molecule has 2 rings (SSSR count). The summed E-state index contributed by atoms with van der Waals surface area (Å²) in [6.07, 6.45) is -0.00353. The van der Waals surface area contributed by atoms with E-state index in [1.807, 2.05) is 29.6 Å². The molecule has 0 aliphatic heterocycles. The highest BCUT2D eigenvalue weighted by Crippen LogP contribution is 2.38. The second-order valence-electron chi connectivity index (χ2n) is 5.64. The smallest absolute Gasteiger partial charge is 0.123 e. The third kappa shape index (κ3) is 2.96. The fourth-order valence-corrected chi connectivity index (χ4v) is 3.22. The van der Waals surface area contributed by atoms with Crippen LogP contribution in [0.5, 0.6) is 0 Å². The van der Waals surface area contributed by atoms with Gasteiger partial charge in [0.25, 0.3) is 0 Å². The van der Waals surface area contributed by atoms with Crippen LogP contribution in [0, 0.1) is 5.41 Å².